The molecule has 0 saturated heterocycles. The summed E-state index contributed by atoms with van der Waals surface area (Å²) >= 11 is 2.01. The van der Waals surface area contributed by atoms with Gasteiger partial charge in [0.15, 0.2) is 0 Å². The quantitative estimate of drug-likeness (QED) is 0.788. The minimum atomic E-state index is 0.775. The van der Waals surface area contributed by atoms with Crippen LogP contribution in [0.25, 0.3) is 0 Å². The van der Waals surface area contributed by atoms with Crippen molar-refractivity contribution in [3.05, 3.63) is 21.4 Å². The van der Waals surface area contributed by atoms with Crippen molar-refractivity contribution in [3.63, 3.8) is 0 Å². The van der Waals surface area contributed by atoms with Crippen LogP contribution in [0.5, 0.6) is 0 Å². The van der Waals surface area contributed by atoms with Gasteiger partial charge < -0.3 is 5.73 Å². The van der Waals surface area contributed by atoms with E-state index < -0.39 is 0 Å². The van der Waals surface area contributed by atoms with E-state index in [0.29, 0.717) is 0 Å². The van der Waals surface area contributed by atoms with Crippen molar-refractivity contribution in [3.8, 4) is 0 Å². The average Bonchev–Trinajstić information content (AvgIpc) is 2.67. The van der Waals surface area contributed by atoms with Crippen molar-refractivity contribution in [1.82, 2.24) is 0 Å². The summed E-state index contributed by atoms with van der Waals surface area (Å²) in [7, 11) is 0. The van der Waals surface area contributed by atoms with E-state index >= 15 is 0 Å². The molecule has 2 N–H and O–H groups in total. The first-order chi connectivity index (χ1) is 6.35. The second kappa shape index (κ2) is 3.81. The molecule has 1 aliphatic carbocycles. The van der Waals surface area contributed by atoms with E-state index in [2.05, 4.69) is 13.0 Å². The van der Waals surface area contributed by atoms with Crippen molar-refractivity contribution < 1.29 is 0 Å². The SMILES string of the molecule is CCc1cc2c(s1)CCC2CCN. The molecule has 2 heteroatoms. The fourth-order valence-corrected chi connectivity index (χ4v) is 3.39. The molecule has 13 heavy (non-hydrogen) atoms. The molecule has 0 aliphatic heterocycles. The van der Waals surface area contributed by atoms with Gasteiger partial charge in [0.25, 0.3) is 0 Å². The van der Waals surface area contributed by atoms with Crippen molar-refractivity contribution in [2.75, 3.05) is 6.54 Å². The number of fused-ring (bicyclic) bond motifs is 1. The number of hydrogen-bond donors (Lipinski definition) is 1. The molecule has 0 amide bonds. The molecule has 1 unspecified atom stereocenters. The van der Waals surface area contributed by atoms with E-state index in [1.165, 1.54) is 25.7 Å². The van der Waals surface area contributed by atoms with Crippen LogP contribution in [0, 0.1) is 0 Å². The highest BCUT2D eigenvalue weighted by Crippen LogP contribution is 2.40. The lowest BCUT2D eigenvalue weighted by molar-refractivity contribution is 0.627. The van der Waals surface area contributed by atoms with E-state index in [9.17, 15) is 0 Å². The van der Waals surface area contributed by atoms with Crippen molar-refractivity contribution in [2.45, 2.75) is 38.5 Å². The fraction of sp³-hybridized carbons (Fsp3) is 0.636. The van der Waals surface area contributed by atoms with Crippen LogP contribution < -0.4 is 5.73 Å². The van der Waals surface area contributed by atoms with E-state index in [1.807, 2.05) is 11.3 Å². The topological polar surface area (TPSA) is 26.0 Å². The Morgan fingerprint density at radius 2 is 2.46 bits per heavy atom. The first kappa shape index (κ1) is 9.22. The van der Waals surface area contributed by atoms with Crippen molar-refractivity contribution in [1.29, 1.82) is 0 Å². The number of nitrogens with two attached hydrogens (primary N) is 1. The third-order valence-electron chi connectivity index (χ3n) is 2.92. The lowest BCUT2D eigenvalue weighted by Gasteiger charge is -2.06. The highest BCUT2D eigenvalue weighted by atomic mass is 32.1. The molecule has 1 heterocycles. The third-order valence-corrected chi connectivity index (χ3v) is 4.27. The molecule has 1 atom stereocenters. The van der Waals surface area contributed by atoms with Gasteiger partial charge >= 0.3 is 0 Å². The molecular formula is C11H17NS. The number of thiophene rings is 1. The average molecular weight is 195 g/mol. The zero-order valence-corrected chi connectivity index (χ0v) is 8.99. The predicted molar refractivity (Wildman–Crippen MR) is 58.4 cm³/mol. The van der Waals surface area contributed by atoms with E-state index in [-0.39, 0.29) is 0 Å². The van der Waals surface area contributed by atoms with Crippen LogP contribution in [-0.4, -0.2) is 6.54 Å². The number of aryl methyl sites for hydroxylation is 2. The zero-order valence-electron chi connectivity index (χ0n) is 8.18. The highest BCUT2D eigenvalue weighted by Gasteiger charge is 2.23. The highest BCUT2D eigenvalue weighted by molar-refractivity contribution is 7.12. The summed E-state index contributed by atoms with van der Waals surface area (Å²) in [6.07, 6.45) is 4.99. The summed E-state index contributed by atoms with van der Waals surface area (Å²) in [6.45, 7) is 3.07. The van der Waals surface area contributed by atoms with Gasteiger partial charge in [0.2, 0.25) is 0 Å². The molecule has 0 fully saturated rings. The van der Waals surface area contributed by atoms with Crippen molar-refractivity contribution >= 4 is 11.3 Å². The molecule has 1 aromatic rings. The monoisotopic (exact) mass is 195 g/mol. The minimum Gasteiger partial charge on any atom is -0.330 e. The lowest BCUT2D eigenvalue weighted by atomic mass is 9.99. The first-order valence-electron chi connectivity index (χ1n) is 5.16. The third kappa shape index (κ3) is 1.65. The Kier molecular flexibility index (Phi) is 2.70. The first-order valence-corrected chi connectivity index (χ1v) is 5.98. The maximum atomic E-state index is 5.61. The maximum absolute atomic E-state index is 5.61. The largest absolute Gasteiger partial charge is 0.330 e. The molecule has 72 valence electrons. The molecule has 0 bridgehead atoms. The van der Waals surface area contributed by atoms with Gasteiger partial charge in [-0.15, -0.1) is 11.3 Å². The Morgan fingerprint density at radius 1 is 1.62 bits per heavy atom. The summed E-state index contributed by atoms with van der Waals surface area (Å²) in [5.74, 6) is 0.775. The van der Waals surface area contributed by atoms with Gasteiger partial charge in [0, 0.05) is 9.75 Å². The summed E-state index contributed by atoms with van der Waals surface area (Å²) in [4.78, 5) is 3.18. The lowest BCUT2D eigenvalue weighted by Crippen LogP contribution is -2.04. The standard InChI is InChI=1S/C11H17NS/c1-2-9-7-10-8(5-6-12)3-4-11(10)13-9/h7-8H,2-6,12H2,1H3. The minimum absolute atomic E-state index is 0.775. The summed E-state index contributed by atoms with van der Waals surface area (Å²) in [5.41, 5.74) is 7.23. The Labute approximate surface area is 84.0 Å². The van der Waals surface area contributed by atoms with Gasteiger partial charge in [-0.2, -0.15) is 0 Å². The van der Waals surface area contributed by atoms with E-state index in [4.69, 9.17) is 5.73 Å². The molecule has 1 nitrogen and oxygen atoms in total. The maximum Gasteiger partial charge on any atom is 0.00832 e. The van der Waals surface area contributed by atoms with Crippen molar-refractivity contribution in [2.24, 2.45) is 5.73 Å². The molecule has 1 aliphatic rings. The summed E-state index contributed by atoms with van der Waals surface area (Å²) in [5, 5.41) is 0. The zero-order chi connectivity index (χ0) is 9.26. The van der Waals surface area contributed by atoms with Gasteiger partial charge in [0.1, 0.15) is 0 Å². The van der Waals surface area contributed by atoms with E-state index in [0.717, 1.165) is 12.5 Å². The molecule has 0 spiro atoms. The second-order valence-corrected chi connectivity index (χ2v) is 4.98. The van der Waals surface area contributed by atoms with Gasteiger partial charge in [-0.1, -0.05) is 6.92 Å². The van der Waals surface area contributed by atoms with Gasteiger partial charge in [0.05, 0.1) is 0 Å². The van der Waals surface area contributed by atoms with Crippen LogP contribution in [0.1, 0.15) is 41.0 Å². The Hall–Kier alpha value is -0.340. The molecular weight excluding hydrogens is 178 g/mol. The molecule has 0 saturated carbocycles. The van der Waals surface area contributed by atoms with Crippen LogP contribution in [0.4, 0.5) is 0 Å². The molecule has 1 aromatic heterocycles. The number of hydrogen-bond acceptors (Lipinski definition) is 2. The Morgan fingerprint density at radius 3 is 3.15 bits per heavy atom. The second-order valence-electron chi connectivity index (χ2n) is 3.76. The molecule has 0 radical (unpaired) electrons. The summed E-state index contributed by atoms with van der Waals surface area (Å²) in [6, 6.07) is 2.41. The molecule has 0 aromatic carbocycles. The van der Waals surface area contributed by atoms with Gasteiger partial charge in [-0.3, -0.25) is 0 Å². The van der Waals surface area contributed by atoms with Crippen LogP contribution in [0.3, 0.4) is 0 Å². The van der Waals surface area contributed by atoms with Crippen LogP contribution in [0.15, 0.2) is 6.07 Å². The van der Waals surface area contributed by atoms with Crippen LogP contribution in [0.2, 0.25) is 0 Å². The van der Waals surface area contributed by atoms with E-state index in [1.54, 1.807) is 15.3 Å². The summed E-state index contributed by atoms with van der Waals surface area (Å²) < 4.78 is 0. The van der Waals surface area contributed by atoms with Gasteiger partial charge in [-0.05, 0) is 49.8 Å². The number of rotatable bonds is 3. The Balaban J connectivity index is 2.20. The predicted octanol–water partition coefficient (Wildman–Crippen LogP) is 2.69. The van der Waals surface area contributed by atoms with Crippen LogP contribution >= 0.6 is 11.3 Å². The molecule has 2 rings (SSSR count). The Bertz CT molecular complexity index is 290. The van der Waals surface area contributed by atoms with Gasteiger partial charge in [-0.25, -0.2) is 0 Å². The van der Waals surface area contributed by atoms with Crippen LogP contribution in [-0.2, 0) is 12.8 Å². The fourth-order valence-electron chi connectivity index (χ4n) is 2.18. The smallest absolute Gasteiger partial charge is 0.00832 e. The normalized spacial score (nSPS) is 20.6.